The molecule has 9 heteroatoms. The molecule has 9 nitrogen and oxygen atoms in total. The Morgan fingerprint density at radius 1 is 1.19 bits per heavy atom. The van der Waals surface area contributed by atoms with Crippen LogP contribution in [0.1, 0.15) is 28.4 Å². The number of piperidine rings is 1. The van der Waals surface area contributed by atoms with Crippen molar-refractivity contribution in [2.45, 2.75) is 25.4 Å². The van der Waals surface area contributed by atoms with Crippen molar-refractivity contribution in [3.8, 4) is 0 Å². The van der Waals surface area contributed by atoms with Crippen LogP contribution in [0.3, 0.4) is 0 Å². The molecule has 1 aromatic carbocycles. The minimum atomic E-state index is -0.630. The van der Waals surface area contributed by atoms with E-state index in [1.807, 2.05) is 35.4 Å². The second kappa shape index (κ2) is 7.90. The van der Waals surface area contributed by atoms with Gasteiger partial charge in [0.05, 0.1) is 11.5 Å². The Balaban J connectivity index is 1.44. The number of methoxy groups -OCH3 is 1. The van der Waals surface area contributed by atoms with Crippen LogP contribution >= 0.6 is 0 Å². The molecule has 2 atom stereocenters. The zero-order valence-electron chi connectivity index (χ0n) is 17.8. The number of rotatable bonds is 5. The Bertz CT molecular complexity index is 1280. The highest BCUT2D eigenvalue weighted by molar-refractivity contribution is 6.06. The van der Waals surface area contributed by atoms with E-state index in [-0.39, 0.29) is 17.7 Å². The van der Waals surface area contributed by atoms with Gasteiger partial charge >= 0.3 is 11.2 Å². The van der Waals surface area contributed by atoms with Crippen molar-refractivity contribution >= 4 is 22.5 Å². The number of fused-ring (bicyclic) bond motifs is 5. The van der Waals surface area contributed by atoms with E-state index in [4.69, 9.17) is 4.74 Å². The highest BCUT2D eigenvalue weighted by Crippen LogP contribution is 2.36. The van der Waals surface area contributed by atoms with Crippen LogP contribution in [0, 0.1) is 16.0 Å². The topological polar surface area (TPSA) is 99.6 Å². The Labute approximate surface area is 184 Å². The molecule has 0 radical (unpaired) electrons. The molecule has 0 saturated carbocycles. The van der Waals surface area contributed by atoms with E-state index < -0.39 is 16.2 Å². The van der Waals surface area contributed by atoms with E-state index >= 15 is 0 Å². The van der Waals surface area contributed by atoms with Crippen LogP contribution in [0.15, 0.2) is 47.4 Å². The molecule has 0 N–H and O–H groups in total. The normalized spacial score (nSPS) is 19.7. The Morgan fingerprint density at radius 3 is 2.81 bits per heavy atom. The van der Waals surface area contributed by atoms with Crippen LogP contribution in [-0.2, 0) is 17.8 Å². The first-order chi connectivity index (χ1) is 15.5. The average molecular weight is 436 g/mol. The van der Waals surface area contributed by atoms with Gasteiger partial charge in [-0.1, -0.05) is 6.07 Å². The molecule has 2 aliphatic rings. The number of aromatic nitrogens is 2. The Hall–Kier alpha value is -3.46. The van der Waals surface area contributed by atoms with Crippen LogP contribution < -0.4 is 5.56 Å². The number of amides is 1. The minimum Gasteiger partial charge on any atom is -0.383 e. The molecule has 32 heavy (non-hydrogen) atoms. The van der Waals surface area contributed by atoms with Gasteiger partial charge < -0.3 is 18.8 Å². The van der Waals surface area contributed by atoms with Crippen molar-refractivity contribution in [2.75, 3.05) is 26.8 Å². The molecule has 0 spiro atoms. The van der Waals surface area contributed by atoms with Crippen LogP contribution in [0.2, 0.25) is 0 Å². The molecule has 2 aliphatic heterocycles. The van der Waals surface area contributed by atoms with E-state index in [9.17, 15) is 19.7 Å². The number of benzene rings is 1. The molecule has 1 saturated heterocycles. The lowest BCUT2D eigenvalue weighted by Gasteiger charge is -2.42. The maximum absolute atomic E-state index is 13.5. The van der Waals surface area contributed by atoms with Crippen LogP contribution in [0.25, 0.3) is 10.9 Å². The largest absolute Gasteiger partial charge is 0.383 e. The van der Waals surface area contributed by atoms with Gasteiger partial charge in [-0.05, 0) is 36.6 Å². The number of pyridine rings is 1. The van der Waals surface area contributed by atoms with Gasteiger partial charge in [0.15, 0.2) is 0 Å². The average Bonchev–Trinajstić information content (AvgIpc) is 3.20. The quantitative estimate of drug-likeness (QED) is 0.452. The monoisotopic (exact) mass is 436 g/mol. The maximum atomic E-state index is 13.5. The zero-order chi connectivity index (χ0) is 22.4. The van der Waals surface area contributed by atoms with Crippen LogP contribution in [0.5, 0.6) is 0 Å². The Morgan fingerprint density at radius 2 is 2.03 bits per heavy atom. The van der Waals surface area contributed by atoms with Gasteiger partial charge in [-0.15, -0.1) is 0 Å². The summed E-state index contributed by atoms with van der Waals surface area (Å²) in [4.78, 5) is 38.5. The maximum Gasteiger partial charge on any atom is 0.334 e. The molecule has 2 aromatic heterocycles. The third kappa shape index (κ3) is 3.29. The first-order valence-corrected chi connectivity index (χ1v) is 10.7. The summed E-state index contributed by atoms with van der Waals surface area (Å²) in [7, 11) is 1.66. The summed E-state index contributed by atoms with van der Waals surface area (Å²) in [5.74, 6) is 0.0633. The second-order valence-electron chi connectivity index (χ2n) is 8.57. The third-order valence-corrected chi connectivity index (χ3v) is 6.65. The second-order valence-corrected chi connectivity index (χ2v) is 8.57. The molecule has 5 rings (SSSR count). The van der Waals surface area contributed by atoms with E-state index in [1.54, 1.807) is 13.2 Å². The fraction of sp³-hybridized carbons (Fsp3) is 0.391. The lowest BCUT2D eigenvalue weighted by Crippen LogP contribution is -2.49. The standard InChI is InChI=1S/C23H24N4O5/c1-32-10-9-24-8-7-17-18(3-2-4-20(17)24)22(28)25-12-15-11-16(14-25)19-5-6-21(27(30)31)23(29)26(19)13-15/h2-8,15-16H,9-14H2,1H3/t15-,16?/m0/s1. The van der Waals surface area contributed by atoms with Crippen LogP contribution in [0.4, 0.5) is 5.69 Å². The van der Waals surface area contributed by atoms with Crippen molar-refractivity contribution in [3.05, 3.63) is 74.3 Å². The Kier molecular flexibility index (Phi) is 5.05. The number of ether oxygens (including phenoxy) is 1. The molecule has 1 unspecified atom stereocenters. The number of hydrogen-bond acceptors (Lipinski definition) is 5. The van der Waals surface area contributed by atoms with Crippen LogP contribution in [-0.4, -0.2) is 51.7 Å². The molecule has 1 amide bonds. The lowest BCUT2D eigenvalue weighted by molar-refractivity contribution is -0.386. The molecule has 1 fully saturated rings. The molecule has 3 aromatic rings. The van der Waals surface area contributed by atoms with Gasteiger partial charge in [0, 0.05) is 73.6 Å². The number of hydrogen-bond donors (Lipinski definition) is 0. The zero-order valence-corrected chi connectivity index (χ0v) is 17.8. The number of carbonyl (C=O) groups is 1. The summed E-state index contributed by atoms with van der Waals surface area (Å²) in [5, 5.41) is 12.1. The first-order valence-electron chi connectivity index (χ1n) is 10.7. The predicted octanol–water partition coefficient (Wildman–Crippen LogP) is 2.62. The number of carbonyl (C=O) groups excluding carboxylic acids is 1. The van der Waals surface area contributed by atoms with Crippen molar-refractivity contribution < 1.29 is 14.5 Å². The number of likely N-dealkylation sites (tertiary alicyclic amines) is 1. The molecule has 2 bridgehead atoms. The minimum absolute atomic E-state index is 0.00883. The van der Waals surface area contributed by atoms with Crippen molar-refractivity contribution in [1.29, 1.82) is 0 Å². The van der Waals surface area contributed by atoms with Gasteiger partial charge in [-0.2, -0.15) is 0 Å². The van der Waals surface area contributed by atoms with Crippen molar-refractivity contribution in [3.63, 3.8) is 0 Å². The summed E-state index contributed by atoms with van der Waals surface area (Å²) in [5.41, 5.74) is 1.49. The molecular weight excluding hydrogens is 412 g/mol. The molecule has 166 valence electrons. The molecule has 4 heterocycles. The van der Waals surface area contributed by atoms with E-state index in [1.165, 1.54) is 10.6 Å². The van der Waals surface area contributed by atoms with E-state index in [0.717, 1.165) is 23.0 Å². The molecule has 0 aliphatic carbocycles. The highest BCUT2D eigenvalue weighted by Gasteiger charge is 2.38. The van der Waals surface area contributed by atoms with Gasteiger partial charge in [-0.25, -0.2) is 0 Å². The fourth-order valence-corrected chi connectivity index (χ4v) is 5.20. The first kappa shape index (κ1) is 20.4. The van der Waals surface area contributed by atoms with E-state index in [0.29, 0.717) is 38.3 Å². The fourth-order valence-electron chi connectivity index (χ4n) is 5.20. The summed E-state index contributed by atoms with van der Waals surface area (Å²) in [6, 6.07) is 10.7. The van der Waals surface area contributed by atoms with Gasteiger partial charge in [-0.3, -0.25) is 19.7 Å². The number of nitro groups is 1. The third-order valence-electron chi connectivity index (χ3n) is 6.65. The van der Waals surface area contributed by atoms with Gasteiger partial charge in [0.1, 0.15) is 0 Å². The summed E-state index contributed by atoms with van der Waals surface area (Å²) >= 11 is 0. The van der Waals surface area contributed by atoms with E-state index in [2.05, 4.69) is 4.57 Å². The molecular formula is C23H24N4O5. The van der Waals surface area contributed by atoms with Crippen molar-refractivity contribution in [2.24, 2.45) is 5.92 Å². The SMILES string of the molecule is COCCn1ccc2c(C(=O)N3CC4C[C@@H](C3)Cn3c4ccc([N+](=O)[O-])c3=O)cccc21. The van der Waals surface area contributed by atoms with Gasteiger partial charge in [0.25, 0.3) is 5.91 Å². The lowest BCUT2D eigenvalue weighted by atomic mass is 9.83. The summed E-state index contributed by atoms with van der Waals surface area (Å²) < 4.78 is 8.80. The highest BCUT2D eigenvalue weighted by atomic mass is 16.6. The number of nitrogens with zero attached hydrogens (tertiary/aromatic N) is 4. The van der Waals surface area contributed by atoms with Crippen molar-refractivity contribution in [1.82, 2.24) is 14.0 Å². The summed E-state index contributed by atoms with van der Waals surface area (Å²) in [6.07, 6.45) is 2.85. The van der Waals surface area contributed by atoms with Gasteiger partial charge in [0.2, 0.25) is 0 Å². The summed E-state index contributed by atoms with van der Waals surface area (Å²) in [6.45, 7) is 2.73. The smallest absolute Gasteiger partial charge is 0.334 e. The predicted molar refractivity (Wildman–Crippen MR) is 118 cm³/mol.